The number of benzene rings is 1. The summed E-state index contributed by atoms with van der Waals surface area (Å²) in [4.78, 5) is 21.9. The topological polar surface area (TPSA) is 43.4 Å². The number of hydrogen-bond donors (Lipinski definition) is 0. The number of rotatable bonds is 4. The molecule has 0 aliphatic carbocycles. The number of carbonyl (C=O) groups excluding carboxylic acids is 2. The molecule has 0 saturated carbocycles. The maximum atomic E-state index is 11.1. The quantitative estimate of drug-likeness (QED) is 0.470. The van der Waals surface area contributed by atoms with Crippen molar-refractivity contribution in [2.75, 3.05) is 6.61 Å². The Morgan fingerprint density at radius 2 is 1.88 bits per heavy atom. The molecule has 1 rings (SSSR count). The van der Waals surface area contributed by atoms with Crippen LogP contribution in [0.1, 0.15) is 23.6 Å². The van der Waals surface area contributed by atoms with Gasteiger partial charge in [-0.2, -0.15) is 0 Å². The first-order valence-electron chi connectivity index (χ1n) is 5.20. The molecule has 0 amide bonds. The SMILES string of the molecule is CCOc1cc(C)c(C(=C=O)C(=O)Cl)c(C)c1. The fourth-order valence-corrected chi connectivity index (χ4v) is 1.89. The van der Waals surface area contributed by atoms with Gasteiger partial charge in [0.1, 0.15) is 17.3 Å². The van der Waals surface area contributed by atoms with E-state index in [1.807, 2.05) is 6.92 Å². The minimum absolute atomic E-state index is 0.135. The van der Waals surface area contributed by atoms with Gasteiger partial charge in [0, 0.05) is 5.56 Å². The van der Waals surface area contributed by atoms with Crippen LogP contribution in [0.5, 0.6) is 5.75 Å². The van der Waals surface area contributed by atoms with Crippen molar-refractivity contribution in [2.24, 2.45) is 0 Å². The summed E-state index contributed by atoms with van der Waals surface area (Å²) < 4.78 is 5.37. The highest BCUT2D eigenvalue weighted by molar-refractivity contribution is 6.75. The van der Waals surface area contributed by atoms with E-state index in [1.54, 1.807) is 31.9 Å². The van der Waals surface area contributed by atoms with Gasteiger partial charge in [0.15, 0.2) is 0 Å². The number of carbonyl (C=O) groups is 1. The highest BCUT2D eigenvalue weighted by Crippen LogP contribution is 2.27. The van der Waals surface area contributed by atoms with Crippen LogP contribution in [0.15, 0.2) is 12.1 Å². The minimum atomic E-state index is -0.796. The van der Waals surface area contributed by atoms with E-state index in [4.69, 9.17) is 16.3 Å². The Bertz CT molecular complexity index is 476. The molecule has 90 valence electrons. The molecule has 0 aromatic heterocycles. The Balaban J connectivity index is 3.36. The number of aryl methyl sites for hydroxylation is 2. The molecule has 0 saturated heterocycles. The molecular formula is C13H13ClO3. The molecule has 0 aliphatic heterocycles. The fourth-order valence-electron chi connectivity index (χ4n) is 1.76. The van der Waals surface area contributed by atoms with Crippen molar-refractivity contribution in [1.82, 2.24) is 0 Å². The summed E-state index contributed by atoms with van der Waals surface area (Å²) in [5.41, 5.74) is 1.93. The van der Waals surface area contributed by atoms with Gasteiger partial charge in [0.05, 0.1) is 6.61 Å². The third-order valence-electron chi connectivity index (χ3n) is 2.37. The first kappa shape index (κ1) is 13.5. The van der Waals surface area contributed by atoms with Gasteiger partial charge in [-0.15, -0.1) is 0 Å². The van der Waals surface area contributed by atoms with Crippen LogP contribution < -0.4 is 4.74 Å². The van der Waals surface area contributed by atoms with Crippen LogP contribution >= 0.6 is 11.6 Å². The van der Waals surface area contributed by atoms with Gasteiger partial charge in [0.2, 0.25) is 0 Å². The largest absolute Gasteiger partial charge is 0.494 e. The predicted octanol–water partition coefficient (Wildman–Crippen LogP) is 2.68. The lowest BCUT2D eigenvalue weighted by atomic mass is 9.97. The molecule has 0 heterocycles. The Morgan fingerprint density at radius 1 is 1.35 bits per heavy atom. The third-order valence-corrected chi connectivity index (χ3v) is 2.55. The molecule has 0 spiro atoms. The molecule has 3 nitrogen and oxygen atoms in total. The van der Waals surface area contributed by atoms with E-state index in [0.29, 0.717) is 17.9 Å². The summed E-state index contributed by atoms with van der Waals surface area (Å²) in [5.74, 6) is 2.30. The van der Waals surface area contributed by atoms with Gasteiger partial charge in [-0.05, 0) is 55.6 Å². The van der Waals surface area contributed by atoms with Crippen molar-refractivity contribution in [1.29, 1.82) is 0 Å². The Labute approximate surface area is 105 Å². The lowest BCUT2D eigenvalue weighted by Gasteiger charge is -2.11. The minimum Gasteiger partial charge on any atom is -0.494 e. The molecule has 0 aliphatic rings. The Morgan fingerprint density at radius 3 is 2.24 bits per heavy atom. The predicted molar refractivity (Wildman–Crippen MR) is 67.0 cm³/mol. The second-order valence-corrected chi connectivity index (χ2v) is 3.96. The molecule has 0 radical (unpaired) electrons. The van der Waals surface area contributed by atoms with Gasteiger partial charge in [-0.25, -0.2) is 4.79 Å². The Kier molecular flexibility index (Phi) is 4.50. The van der Waals surface area contributed by atoms with Crippen LogP contribution in [0, 0.1) is 13.8 Å². The second-order valence-electron chi connectivity index (χ2n) is 3.62. The van der Waals surface area contributed by atoms with Crippen molar-refractivity contribution < 1.29 is 14.3 Å². The molecule has 0 bridgehead atoms. The average Bonchev–Trinajstić information content (AvgIpc) is 2.23. The summed E-state index contributed by atoms with van der Waals surface area (Å²) in [7, 11) is 0. The van der Waals surface area contributed by atoms with Crippen molar-refractivity contribution in [3.8, 4) is 5.75 Å². The lowest BCUT2D eigenvalue weighted by Crippen LogP contribution is -2.01. The molecule has 1 aromatic rings. The molecular weight excluding hydrogens is 240 g/mol. The molecule has 4 heteroatoms. The van der Waals surface area contributed by atoms with Crippen LogP contribution in [0.25, 0.3) is 5.57 Å². The zero-order chi connectivity index (χ0) is 13.0. The molecule has 1 aromatic carbocycles. The van der Waals surface area contributed by atoms with Crippen molar-refractivity contribution in [2.45, 2.75) is 20.8 Å². The van der Waals surface area contributed by atoms with Crippen LogP contribution in [0.4, 0.5) is 0 Å². The summed E-state index contributed by atoms with van der Waals surface area (Å²) in [6, 6.07) is 3.53. The molecule has 0 fully saturated rings. The third kappa shape index (κ3) is 2.96. The summed E-state index contributed by atoms with van der Waals surface area (Å²) >= 11 is 5.35. The van der Waals surface area contributed by atoms with E-state index in [1.165, 1.54) is 0 Å². The molecule has 17 heavy (non-hydrogen) atoms. The summed E-state index contributed by atoms with van der Waals surface area (Å²) in [5, 5.41) is -0.796. The van der Waals surface area contributed by atoms with Crippen LogP contribution in [-0.2, 0) is 9.59 Å². The zero-order valence-corrected chi connectivity index (χ0v) is 10.7. The monoisotopic (exact) mass is 252 g/mol. The van der Waals surface area contributed by atoms with Gasteiger partial charge < -0.3 is 4.74 Å². The van der Waals surface area contributed by atoms with Gasteiger partial charge in [0.25, 0.3) is 5.24 Å². The number of halogens is 1. The average molecular weight is 253 g/mol. The van der Waals surface area contributed by atoms with Crippen LogP contribution in [0.3, 0.4) is 0 Å². The first-order valence-corrected chi connectivity index (χ1v) is 5.58. The van der Waals surface area contributed by atoms with Gasteiger partial charge in [-0.3, -0.25) is 4.79 Å². The van der Waals surface area contributed by atoms with Gasteiger partial charge >= 0.3 is 0 Å². The van der Waals surface area contributed by atoms with Gasteiger partial charge in [-0.1, -0.05) is 0 Å². The van der Waals surface area contributed by atoms with E-state index in [0.717, 1.165) is 11.1 Å². The Hall–Kier alpha value is -1.57. The number of allylic oxidation sites excluding steroid dienone is 1. The van der Waals surface area contributed by atoms with E-state index >= 15 is 0 Å². The van der Waals surface area contributed by atoms with E-state index in [9.17, 15) is 9.59 Å². The van der Waals surface area contributed by atoms with E-state index in [2.05, 4.69) is 0 Å². The highest BCUT2D eigenvalue weighted by Gasteiger charge is 2.16. The van der Waals surface area contributed by atoms with Crippen molar-refractivity contribution in [3.05, 3.63) is 28.8 Å². The van der Waals surface area contributed by atoms with Crippen LogP contribution in [-0.4, -0.2) is 17.8 Å². The summed E-state index contributed by atoms with van der Waals surface area (Å²) in [6.45, 7) is 6.03. The first-order chi connectivity index (χ1) is 8.01. The molecule has 0 atom stereocenters. The maximum absolute atomic E-state index is 11.1. The van der Waals surface area contributed by atoms with Crippen LogP contribution in [0.2, 0.25) is 0 Å². The lowest BCUT2D eigenvalue weighted by molar-refractivity contribution is -0.106. The van der Waals surface area contributed by atoms with Crippen molar-refractivity contribution >= 4 is 28.4 Å². The van der Waals surface area contributed by atoms with E-state index < -0.39 is 5.24 Å². The normalized spacial score (nSPS) is 9.65. The zero-order valence-electron chi connectivity index (χ0n) is 9.96. The smallest absolute Gasteiger partial charge is 0.264 e. The van der Waals surface area contributed by atoms with Crippen molar-refractivity contribution in [3.63, 3.8) is 0 Å². The maximum Gasteiger partial charge on any atom is 0.264 e. The second kappa shape index (κ2) is 5.67. The number of hydrogen-bond acceptors (Lipinski definition) is 3. The van der Waals surface area contributed by atoms with E-state index in [-0.39, 0.29) is 5.57 Å². The summed E-state index contributed by atoms with van der Waals surface area (Å²) in [6.07, 6.45) is 0. The number of ether oxygens (including phenoxy) is 1. The molecule has 0 N–H and O–H groups in total. The molecule has 0 unspecified atom stereocenters. The highest BCUT2D eigenvalue weighted by atomic mass is 35.5. The standard InChI is InChI=1S/C13H13ClO3/c1-4-17-10-5-8(2)12(9(3)6-10)11(7-15)13(14)16/h5-6H,4H2,1-3H3. The fraction of sp³-hybridized carbons (Fsp3) is 0.308.